The van der Waals surface area contributed by atoms with Gasteiger partial charge >= 0.3 is 5.97 Å². The van der Waals surface area contributed by atoms with Crippen LogP contribution in [0.1, 0.15) is 31.1 Å². The van der Waals surface area contributed by atoms with E-state index in [1.54, 1.807) is 20.8 Å². The van der Waals surface area contributed by atoms with E-state index in [0.717, 1.165) is 6.07 Å². The lowest BCUT2D eigenvalue weighted by Gasteiger charge is -2.31. The minimum absolute atomic E-state index is 0.0186. The molecule has 21 heavy (non-hydrogen) atoms. The first kappa shape index (κ1) is 16.2. The molecule has 1 aromatic carbocycles. The van der Waals surface area contributed by atoms with Gasteiger partial charge in [0.2, 0.25) is 10.0 Å². The Labute approximate surface area is 128 Å². The second-order valence-corrected chi connectivity index (χ2v) is 7.66. The van der Waals surface area contributed by atoms with Gasteiger partial charge in [-0.1, -0.05) is 11.6 Å². The lowest BCUT2D eigenvalue weighted by atomic mass is 10.1. The third kappa shape index (κ3) is 2.78. The van der Waals surface area contributed by atoms with E-state index in [-0.39, 0.29) is 22.1 Å². The number of halogens is 1. The smallest absolute Gasteiger partial charge is 0.335 e. The van der Waals surface area contributed by atoms with E-state index in [2.05, 4.69) is 0 Å². The second kappa shape index (κ2) is 5.24. The molecule has 1 aliphatic heterocycles. The maximum absolute atomic E-state index is 12.8. The molecule has 0 saturated carbocycles. The average molecular weight is 334 g/mol. The Morgan fingerprint density at radius 3 is 2.57 bits per heavy atom. The maximum atomic E-state index is 12.8. The van der Waals surface area contributed by atoms with Gasteiger partial charge in [-0.3, -0.25) is 0 Å². The van der Waals surface area contributed by atoms with E-state index in [0.29, 0.717) is 0 Å². The highest BCUT2D eigenvalue weighted by atomic mass is 35.5. The molecular weight excluding hydrogens is 318 g/mol. The summed E-state index contributed by atoms with van der Waals surface area (Å²) in [6, 6.07) is 3.60. The van der Waals surface area contributed by atoms with Crippen molar-refractivity contribution in [1.29, 1.82) is 0 Å². The molecule has 0 aliphatic carbocycles. The number of carboxylic acid groups (broad SMARTS) is 1. The summed E-state index contributed by atoms with van der Waals surface area (Å²) in [7, 11) is -3.97. The zero-order valence-corrected chi connectivity index (χ0v) is 13.4. The molecule has 1 saturated heterocycles. The lowest BCUT2D eigenvalue weighted by molar-refractivity contribution is 0.0696. The van der Waals surface area contributed by atoms with E-state index < -0.39 is 27.8 Å². The molecule has 0 radical (unpaired) electrons. The van der Waals surface area contributed by atoms with E-state index in [4.69, 9.17) is 21.4 Å². The van der Waals surface area contributed by atoms with Gasteiger partial charge in [0.25, 0.3) is 0 Å². The summed E-state index contributed by atoms with van der Waals surface area (Å²) in [5, 5.41) is 8.99. The van der Waals surface area contributed by atoms with Crippen molar-refractivity contribution in [2.75, 3.05) is 6.61 Å². The summed E-state index contributed by atoms with van der Waals surface area (Å²) in [6.45, 7) is 5.36. The van der Waals surface area contributed by atoms with Gasteiger partial charge in [-0.2, -0.15) is 4.31 Å². The number of rotatable bonds is 3. The van der Waals surface area contributed by atoms with Crippen LogP contribution in [0.4, 0.5) is 0 Å². The maximum Gasteiger partial charge on any atom is 0.335 e. The van der Waals surface area contributed by atoms with Crippen LogP contribution >= 0.6 is 11.6 Å². The molecule has 0 bridgehead atoms. The van der Waals surface area contributed by atoms with E-state index in [9.17, 15) is 13.2 Å². The number of ether oxygens (including phenoxy) is 1. The van der Waals surface area contributed by atoms with Gasteiger partial charge in [0, 0.05) is 0 Å². The summed E-state index contributed by atoms with van der Waals surface area (Å²) in [4.78, 5) is 10.8. The number of nitrogens with zero attached hydrogens (tertiary/aromatic N) is 1. The molecule has 6 nitrogen and oxygen atoms in total. The quantitative estimate of drug-likeness (QED) is 0.916. The molecule has 116 valence electrons. The Kier molecular flexibility index (Phi) is 4.05. The van der Waals surface area contributed by atoms with Crippen LogP contribution < -0.4 is 0 Å². The number of benzene rings is 1. The fraction of sp³-hybridized carbons (Fsp3) is 0.462. The van der Waals surface area contributed by atoms with E-state index >= 15 is 0 Å². The SMILES string of the molecule is CC1OCC(C)(C)N1S(=O)(=O)c1cc(C(=O)O)ccc1Cl. The van der Waals surface area contributed by atoms with Crippen LogP contribution in [0.5, 0.6) is 0 Å². The Morgan fingerprint density at radius 2 is 2.10 bits per heavy atom. The summed E-state index contributed by atoms with van der Waals surface area (Å²) in [6.07, 6.45) is -0.644. The van der Waals surface area contributed by atoms with Gasteiger partial charge in [-0.25, -0.2) is 13.2 Å². The minimum Gasteiger partial charge on any atom is -0.478 e. The lowest BCUT2D eigenvalue weighted by Crippen LogP contribution is -2.47. The van der Waals surface area contributed by atoms with Crippen LogP contribution in [0.3, 0.4) is 0 Å². The van der Waals surface area contributed by atoms with Crippen molar-refractivity contribution in [2.24, 2.45) is 0 Å². The van der Waals surface area contributed by atoms with Crippen molar-refractivity contribution in [3.63, 3.8) is 0 Å². The molecule has 8 heteroatoms. The van der Waals surface area contributed by atoms with Gasteiger partial charge < -0.3 is 9.84 Å². The zero-order valence-electron chi connectivity index (χ0n) is 11.8. The Hall–Kier alpha value is -1.15. The van der Waals surface area contributed by atoms with Crippen LogP contribution in [0, 0.1) is 0 Å². The normalized spacial score (nSPS) is 22.4. The van der Waals surface area contributed by atoms with Crippen LogP contribution in [-0.4, -0.2) is 42.2 Å². The van der Waals surface area contributed by atoms with Crippen molar-refractivity contribution in [1.82, 2.24) is 4.31 Å². The van der Waals surface area contributed by atoms with Crippen molar-refractivity contribution >= 4 is 27.6 Å². The second-order valence-electron chi connectivity index (χ2n) is 5.47. The highest BCUT2D eigenvalue weighted by Crippen LogP contribution is 2.35. The Bertz CT molecular complexity index is 686. The third-order valence-corrected chi connectivity index (χ3v) is 5.96. The molecule has 1 atom stereocenters. The highest BCUT2D eigenvalue weighted by molar-refractivity contribution is 7.89. The highest BCUT2D eigenvalue weighted by Gasteiger charge is 2.47. The number of hydrogen-bond acceptors (Lipinski definition) is 4. The molecule has 0 amide bonds. The average Bonchev–Trinajstić information content (AvgIpc) is 2.63. The fourth-order valence-electron chi connectivity index (χ4n) is 2.41. The van der Waals surface area contributed by atoms with Crippen LogP contribution in [0.25, 0.3) is 0 Å². The van der Waals surface area contributed by atoms with Gasteiger partial charge in [0.05, 0.1) is 22.7 Å². The molecule has 2 rings (SSSR count). The predicted octanol–water partition coefficient (Wildman–Crippen LogP) is 2.18. The largest absolute Gasteiger partial charge is 0.478 e. The van der Waals surface area contributed by atoms with E-state index in [1.807, 2.05) is 0 Å². The fourth-order valence-corrected chi connectivity index (χ4v) is 4.78. The molecule has 1 aliphatic rings. The topological polar surface area (TPSA) is 83.9 Å². The van der Waals surface area contributed by atoms with Gasteiger partial charge in [0.15, 0.2) is 0 Å². The first-order valence-corrected chi connectivity index (χ1v) is 8.08. The molecule has 1 fully saturated rings. The monoisotopic (exact) mass is 333 g/mol. The van der Waals surface area contributed by atoms with Crippen molar-refractivity contribution < 1.29 is 23.1 Å². The van der Waals surface area contributed by atoms with Crippen molar-refractivity contribution in [3.8, 4) is 0 Å². The first-order chi connectivity index (χ1) is 9.57. The Balaban J connectivity index is 2.59. The first-order valence-electron chi connectivity index (χ1n) is 6.26. The molecule has 1 unspecified atom stereocenters. The van der Waals surface area contributed by atoms with Crippen molar-refractivity contribution in [3.05, 3.63) is 28.8 Å². The Morgan fingerprint density at radius 1 is 1.48 bits per heavy atom. The number of carboxylic acids is 1. The molecule has 0 aromatic heterocycles. The van der Waals surface area contributed by atoms with Gasteiger partial charge in [-0.05, 0) is 39.0 Å². The standard InChI is InChI=1S/C13H16ClNO5S/c1-8-15(13(2,3)7-20-8)21(18,19)11-6-9(12(16)17)4-5-10(11)14/h4-6,8H,7H2,1-3H3,(H,16,17). The van der Waals surface area contributed by atoms with Gasteiger partial charge in [-0.15, -0.1) is 0 Å². The number of hydrogen-bond donors (Lipinski definition) is 1. The number of aromatic carboxylic acids is 1. The summed E-state index contributed by atoms with van der Waals surface area (Å²) < 4.78 is 32.3. The molecule has 1 N–H and O–H groups in total. The van der Waals surface area contributed by atoms with Crippen LogP contribution in [-0.2, 0) is 14.8 Å². The molecule has 0 spiro atoms. The molecule has 1 heterocycles. The number of sulfonamides is 1. The van der Waals surface area contributed by atoms with Crippen LogP contribution in [0.15, 0.2) is 23.1 Å². The van der Waals surface area contributed by atoms with Crippen LogP contribution in [0.2, 0.25) is 5.02 Å². The summed E-state index contributed by atoms with van der Waals surface area (Å²) in [5.41, 5.74) is -0.871. The third-order valence-electron chi connectivity index (χ3n) is 3.32. The summed E-state index contributed by atoms with van der Waals surface area (Å²) >= 11 is 5.97. The number of carbonyl (C=O) groups is 1. The van der Waals surface area contributed by atoms with Gasteiger partial charge in [0.1, 0.15) is 11.1 Å². The molecule has 1 aromatic rings. The predicted molar refractivity (Wildman–Crippen MR) is 76.9 cm³/mol. The molecular formula is C13H16ClNO5S. The summed E-state index contributed by atoms with van der Waals surface area (Å²) in [5.74, 6) is -1.21. The van der Waals surface area contributed by atoms with E-state index in [1.165, 1.54) is 16.4 Å². The minimum atomic E-state index is -3.97. The zero-order chi connectivity index (χ0) is 16.0. The van der Waals surface area contributed by atoms with Crippen molar-refractivity contribution in [2.45, 2.75) is 37.4 Å².